The fourth-order valence-electron chi connectivity index (χ4n) is 6.19. The molecular formula is C27H29F2NO2. The maximum absolute atomic E-state index is 14.4. The topological polar surface area (TPSA) is 31.2 Å². The molecule has 32 heavy (non-hydrogen) atoms. The van der Waals surface area contributed by atoms with Gasteiger partial charge in [0.25, 0.3) is 0 Å². The van der Waals surface area contributed by atoms with Gasteiger partial charge in [0.1, 0.15) is 11.6 Å². The minimum absolute atomic E-state index is 0.0199. The standard InChI is InChI=1S/C27H29F2NO2/c1-15(2)25-24(17-11-27(12-17)13-18(14-27)26(31)32-4)21-10-19(28)5-8-23(21)30(25)20-6-7-22(29)16(3)9-20/h5-10,15,17-18H,11-14H2,1-4H3. The third-order valence-electron chi connectivity index (χ3n) is 7.61. The van der Waals surface area contributed by atoms with E-state index in [0.29, 0.717) is 11.5 Å². The number of benzene rings is 2. The molecule has 3 aromatic rings. The Kier molecular flexibility index (Phi) is 4.92. The van der Waals surface area contributed by atoms with Crippen LogP contribution in [0.4, 0.5) is 8.78 Å². The smallest absolute Gasteiger partial charge is 0.308 e. The summed E-state index contributed by atoms with van der Waals surface area (Å²) in [7, 11) is 1.45. The van der Waals surface area contributed by atoms with Gasteiger partial charge in [-0.1, -0.05) is 13.8 Å². The molecule has 5 rings (SSSR count). The van der Waals surface area contributed by atoms with Gasteiger partial charge in [0, 0.05) is 16.8 Å². The predicted molar refractivity (Wildman–Crippen MR) is 121 cm³/mol. The van der Waals surface area contributed by atoms with Crippen molar-refractivity contribution in [2.75, 3.05) is 7.11 Å². The van der Waals surface area contributed by atoms with Crippen molar-refractivity contribution in [3.63, 3.8) is 0 Å². The van der Waals surface area contributed by atoms with E-state index in [1.54, 1.807) is 19.1 Å². The van der Waals surface area contributed by atoms with Crippen LogP contribution in [0, 0.1) is 29.9 Å². The van der Waals surface area contributed by atoms with Gasteiger partial charge in [-0.3, -0.25) is 4.79 Å². The molecule has 0 atom stereocenters. The zero-order valence-electron chi connectivity index (χ0n) is 19.0. The monoisotopic (exact) mass is 437 g/mol. The Bertz CT molecular complexity index is 1210. The number of rotatable bonds is 4. The third-order valence-corrected chi connectivity index (χ3v) is 7.61. The van der Waals surface area contributed by atoms with Crippen molar-refractivity contribution >= 4 is 16.9 Å². The summed E-state index contributed by atoms with van der Waals surface area (Å²) in [6.45, 7) is 6.09. The lowest BCUT2D eigenvalue weighted by atomic mass is 9.47. The molecule has 168 valence electrons. The Hall–Kier alpha value is -2.69. The first-order valence-electron chi connectivity index (χ1n) is 11.4. The van der Waals surface area contributed by atoms with Crippen molar-refractivity contribution in [1.29, 1.82) is 0 Å². The zero-order chi connectivity index (χ0) is 22.8. The quantitative estimate of drug-likeness (QED) is 0.421. The molecule has 3 nitrogen and oxygen atoms in total. The van der Waals surface area contributed by atoms with Gasteiger partial charge in [-0.2, -0.15) is 0 Å². The Morgan fingerprint density at radius 3 is 2.44 bits per heavy atom. The van der Waals surface area contributed by atoms with Gasteiger partial charge in [-0.25, -0.2) is 8.78 Å². The first-order valence-corrected chi connectivity index (χ1v) is 11.4. The number of fused-ring (bicyclic) bond motifs is 1. The van der Waals surface area contributed by atoms with Crippen LogP contribution in [-0.2, 0) is 9.53 Å². The van der Waals surface area contributed by atoms with Crippen molar-refractivity contribution in [2.24, 2.45) is 11.3 Å². The highest BCUT2D eigenvalue weighted by atomic mass is 19.1. The summed E-state index contributed by atoms with van der Waals surface area (Å²) in [6.07, 6.45) is 3.80. The number of nitrogens with zero attached hydrogens (tertiary/aromatic N) is 1. The van der Waals surface area contributed by atoms with Crippen LogP contribution in [0.1, 0.15) is 68.2 Å². The molecule has 0 N–H and O–H groups in total. The average Bonchev–Trinajstić information content (AvgIpc) is 3.02. The largest absolute Gasteiger partial charge is 0.469 e. The lowest BCUT2D eigenvalue weighted by molar-refractivity contribution is -0.159. The van der Waals surface area contributed by atoms with Crippen LogP contribution in [0.3, 0.4) is 0 Å². The molecule has 2 aromatic carbocycles. The van der Waals surface area contributed by atoms with Crippen LogP contribution in [0.5, 0.6) is 0 Å². The molecule has 1 spiro atoms. The third kappa shape index (κ3) is 3.16. The molecule has 0 amide bonds. The Morgan fingerprint density at radius 2 is 1.81 bits per heavy atom. The number of aryl methyl sites for hydroxylation is 1. The van der Waals surface area contributed by atoms with E-state index in [4.69, 9.17) is 4.74 Å². The second kappa shape index (κ2) is 7.43. The van der Waals surface area contributed by atoms with E-state index in [2.05, 4.69) is 18.4 Å². The summed E-state index contributed by atoms with van der Waals surface area (Å²) in [6, 6.07) is 10.1. The van der Waals surface area contributed by atoms with Gasteiger partial charge in [0.15, 0.2) is 0 Å². The highest BCUT2D eigenvalue weighted by molar-refractivity contribution is 5.88. The molecule has 2 fully saturated rings. The van der Waals surface area contributed by atoms with Crippen LogP contribution in [0.15, 0.2) is 36.4 Å². The fraction of sp³-hybridized carbons (Fsp3) is 0.444. The SMILES string of the molecule is COC(=O)C1CC2(C1)CC(c1c(C(C)C)n(-c3ccc(F)c(C)c3)c3ccc(F)cc13)C2. The van der Waals surface area contributed by atoms with Crippen molar-refractivity contribution in [2.45, 2.75) is 58.3 Å². The molecule has 0 bridgehead atoms. The number of methoxy groups -OCH3 is 1. The van der Waals surface area contributed by atoms with Gasteiger partial charge in [-0.15, -0.1) is 0 Å². The minimum atomic E-state index is -0.245. The number of hydrogen-bond donors (Lipinski definition) is 0. The molecular weight excluding hydrogens is 408 g/mol. The molecule has 0 saturated heterocycles. The van der Waals surface area contributed by atoms with E-state index in [9.17, 15) is 13.6 Å². The van der Waals surface area contributed by atoms with Crippen LogP contribution in [0.2, 0.25) is 0 Å². The molecule has 0 aliphatic heterocycles. The van der Waals surface area contributed by atoms with E-state index in [0.717, 1.165) is 42.3 Å². The van der Waals surface area contributed by atoms with Crippen LogP contribution in [0.25, 0.3) is 16.6 Å². The first-order chi connectivity index (χ1) is 15.2. The van der Waals surface area contributed by atoms with Gasteiger partial charge in [-0.05, 0) is 97.4 Å². The summed E-state index contributed by atoms with van der Waals surface area (Å²) in [5, 5.41) is 0.944. The molecule has 5 heteroatoms. The van der Waals surface area contributed by atoms with Crippen LogP contribution in [-0.4, -0.2) is 17.6 Å². The van der Waals surface area contributed by atoms with Crippen molar-refractivity contribution in [3.05, 3.63) is 64.9 Å². The number of hydrogen-bond acceptors (Lipinski definition) is 2. The summed E-state index contributed by atoms with van der Waals surface area (Å²) in [5.74, 6) is -0.0120. The zero-order valence-corrected chi connectivity index (χ0v) is 19.0. The normalized spacial score (nSPS) is 24.6. The Balaban J connectivity index is 1.59. The van der Waals surface area contributed by atoms with E-state index in [-0.39, 0.29) is 34.9 Å². The molecule has 2 aliphatic carbocycles. The molecule has 2 aliphatic rings. The van der Waals surface area contributed by atoms with Crippen LogP contribution < -0.4 is 0 Å². The molecule has 0 radical (unpaired) electrons. The van der Waals surface area contributed by atoms with Gasteiger partial charge < -0.3 is 9.30 Å². The average molecular weight is 438 g/mol. The Labute approximate surface area is 187 Å². The number of aromatic nitrogens is 1. The fourth-order valence-corrected chi connectivity index (χ4v) is 6.19. The van der Waals surface area contributed by atoms with Crippen molar-refractivity contribution in [1.82, 2.24) is 4.57 Å². The first kappa shape index (κ1) is 21.2. The minimum Gasteiger partial charge on any atom is -0.469 e. The van der Waals surface area contributed by atoms with Gasteiger partial charge in [0.2, 0.25) is 0 Å². The van der Waals surface area contributed by atoms with Crippen molar-refractivity contribution in [3.8, 4) is 5.69 Å². The van der Waals surface area contributed by atoms with Crippen LogP contribution >= 0.6 is 0 Å². The predicted octanol–water partition coefficient (Wildman–Crippen LogP) is 6.79. The second-order valence-corrected chi connectivity index (χ2v) is 10.1. The van der Waals surface area contributed by atoms with Crippen molar-refractivity contribution < 1.29 is 18.3 Å². The lowest BCUT2D eigenvalue weighted by Gasteiger charge is -2.57. The highest BCUT2D eigenvalue weighted by Gasteiger charge is 2.56. The second-order valence-electron chi connectivity index (χ2n) is 10.1. The van der Waals surface area contributed by atoms with E-state index in [1.807, 2.05) is 12.1 Å². The number of ether oxygens (including phenoxy) is 1. The number of carbonyl (C=O) groups is 1. The number of halogens is 2. The highest BCUT2D eigenvalue weighted by Crippen LogP contribution is 2.65. The summed E-state index contributed by atoms with van der Waals surface area (Å²) in [4.78, 5) is 11.8. The summed E-state index contributed by atoms with van der Waals surface area (Å²) >= 11 is 0. The van der Waals surface area contributed by atoms with Gasteiger partial charge in [0.05, 0.1) is 18.5 Å². The summed E-state index contributed by atoms with van der Waals surface area (Å²) < 4.78 is 35.4. The molecule has 0 unspecified atom stereocenters. The molecule has 2 saturated carbocycles. The maximum atomic E-state index is 14.4. The lowest BCUT2D eigenvalue weighted by Crippen LogP contribution is -2.49. The number of esters is 1. The van der Waals surface area contributed by atoms with E-state index in [1.165, 1.54) is 30.5 Å². The number of carbonyl (C=O) groups excluding carboxylic acids is 1. The molecule has 1 heterocycles. The van der Waals surface area contributed by atoms with E-state index < -0.39 is 0 Å². The molecule has 1 aromatic heterocycles. The Morgan fingerprint density at radius 1 is 1.09 bits per heavy atom. The maximum Gasteiger partial charge on any atom is 0.308 e. The van der Waals surface area contributed by atoms with E-state index >= 15 is 0 Å². The van der Waals surface area contributed by atoms with Gasteiger partial charge >= 0.3 is 5.97 Å². The summed E-state index contributed by atoms with van der Waals surface area (Å²) in [5.41, 5.74) is 5.04.